The minimum Gasteiger partial charge on any atom is -0.493 e. The van der Waals surface area contributed by atoms with Crippen molar-refractivity contribution in [2.75, 3.05) is 19.7 Å². The van der Waals surface area contributed by atoms with Crippen LogP contribution in [0, 0.1) is 18.8 Å². The first kappa shape index (κ1) is 25.7. The molecule has 38 heavy (non-hydrogen) atoms. The van der Waals surface area contributed by atoms with Gasteiger partial charge in [-0.2, -0.15) is 0 Å². The molecule has 1 aromatic heterocycles. The number of rotatable bonds is 11. The van der Waals surface area contributed by atoms with E-state index in [9.17, 15) is 9.90 Å². The number of likely N-dealkylation sites (tertiary alicyclic amines) is 1. The second-order valence-corrected chi connectivity index (χ2v) is 10.1. The maximum absolute atomic E-state index is 12.0. The zero-order valence-corrected chi connectivity index (χ0v) is 21.8. The molecular formula is C32H34N2O4. The topological polar surface area (TPSA) is 75.8 Å². The lowest BCUT2D eigenvalue weighted by molar-refractivity contribution is -0.142. The first-order valence-corrected chi connectivity index (χ1v) is 13.3. The monoisotopic (exact) mass is 510 g/mol. The van der Waals surface area contributed by atoms with E-state index in [1.54, 1.807) is 0 Å². The van der Waals surface area contributed by atoms with E-state index in [-0.39, 0.29) is 11.8 Å². The van der Waals surface area contributed by atoms with Gasteiger partial charge in [-0.3, -0.25) is 9.69 Å². The summed E-state index contributed by atoms with van der Waals surface area (Å²) >= 11 is 0. The average molecular weight is 511 g/mol. The van der Waals surface area contributed by atoms with Crippen LogP contribution in [0.25, 0.3) is 11.5 Å². The summed E-state index contributed by atoms with van der Waals surface area (Å²) in [6.45, 7) is 4.64. The van der Waals surface area contributed by atoms with Crippen LogP contribution in [0.4, 0.5) is 0 Å². The van der Waals surface area contributed by atoms with Gasteiger partial charge in [-0.1, -0.05) is 60.7 Å². The smallest absolute Gasteiger partial charge is 0.308 e. The van der Waals surface area contributed by atoms with Crippen molar-refractivity contribution in [1.82, 2.24) is 9.88 Å². The van der Waals surface area contributed by atoms with Crippen LogP contribution in [-0.2, 0) is 24.2 Å². The first-order chi connectivity index (χ1) is 18.5. The van der Waals surface area contributed by atoms with E-state index in [0.29, 0.717) is 25.5 Å². The third-order valence-electron chi connectivity index (χ3n) is 7.31. The minimum absolute atomic E-state index is 0.134. The van der Waals surface area contributed by atoms with Crippen molar-refractivity contribution in [2.24, 2.45) is 11.8 Å². The molecule has 1 fully saturated rings. The Kier molecular flexibility index (Phi) is 8.19. The van der Waals surface area contributed by atoms with Crippen molar-refractivity contribution in [1.29, 1.82) is 0 Å². The molecule has 0 saturated carbocycles. The molecular weight excluding hydrogens is 476 g/mol. The first-order valence-electron chi connectivity index (χ1n) is 13.3. The largest absolute Gasteiger partial charge is 0.493 e. The number of ether oxygens (including phenoxy) is 1. The highest BCUT2D eigenvalue weighted by Gasteiger charge is 2.37. The number of carboxylic acids is 1. The molecule has 1 aliphatic rings. The number of carboxylic acid groups (broad SMARTS) is 1. The lowest BCUT2D eigenvalue weighted by Gasteiger charge is -2.16. The van der Waals surface area contributed by atoms with Gasteiger partial charge in [-0.05, 0) is 61.1 Å². The highest BCUT2D eigenvalue weighted by Crippen LogP contribution is 2.30. The van der Waals surface area contributed by atoms with Gasteiger partial charge in [0.1, 0.15) is 11.5 Å². The molecule has 0 aliphatic carbocycles. The molecule has 196 valence electrons. The molecule has 3 aromatic carbocycles. The predicted octanol–water partition coefficient (Wildman–Crippen LogP) is 6.04. The molecule has 5 rings (SSSR count). The second kappa shape index (κ2) is 12.1. The van der Waals surface area contributed by atoms with E-state index in [4.69, 9.17) is 9.15 Å². The van der Waals surface area contributed by atoms with E-state index >= 15 is 0 Å². The van der Waals surface area contributed by atoms with E-state index in [2.05, 4.69) is 34.1 Å². The zero-order chi connectivity index (χ0) is 26.3. The summed E-state index contributed by atoms with van der Waals surface area (Å²) in [4.78, 5) is 18.9. The molecule has 0 bridgehead atoms. The summed E-state index contributed by atoms with van der Waals surface area (Å²) in [6, 6.07) is 28.3. The van der Waals surface area contributed by atoms with Crippen molar-refractivity contribution in [3.63, 3.8) is 0 Å². The third kappa shape index (κ3) is 6.50. The fourth-order valence-corrected chi connectivity index (χ4v) is 5.28. The van der Waals surface area contributed by atoms with E-state index < -0.39 is 5.97 Å². The van der Waals surface area contributed by atoms with Crippen LogP contribution < -0.4 is 4.74 Å². The highest BCUT2D eigenvalue weighted by molar-refractivity contribution is 5.71. The molecule has 0 spiro atoms. The Hall–Kier alpha value is -3.90. The Morgan fingerprint density at radius 1 is 0.974 bits per heavy atom. The fourth-order valence-electron chi connectivity index (χ4n) is 5.28. The number of hydrogen-bond donors (Lipinski definition) is 1. The number of hydrogen-bond acceptors (Lipinski definition) is 5. The summed E-state index contributed by atoms with van der Waals surface area (Å²) in [6.07, 6.45) is 2.33. The van der Waals surface area contributed by atoms with Crippen molar-refractivity contribution < 1.29 is 19.1 Å². The van der Waals surface area contributed by atoms with Gasteiger partial charge < -0.3 is 14.3 Å². The van der Waals surface area contributed by atoms with Crippen LogP contribution in [0.2, 0.25) is 0 Å². The van der Waals surface area contributed by atoms with Gasteiger partial charge in [0.15, 0.2) is 0 Å². The molecule has 0 amide bonds. The summed E-state index contributed by atoms with van der Waals surface area (Å²) in [5, 5.41) is 9.83. The Morgan fingerprint density at radius 3 is 2.47 bits per heavy atom. The van der Waals surface area contributed by atoms with E-state index in [0.717, 1.165) is 54.3 Å². The van der Waals surface area contributed by atoms with Crippen LogP contribution in [0.5, 0.6) is 5.75 Å². The Labute approximate surface area is 223 Å². The van der Waals surface area contributed by atoms with Crippen LogP contribution in [0.1, 0.15) is 29.0 Å². The van der Waals surface area contributed by atoms with Gasteiger partial charge in [0.05, 0.1) is 18.2 Å². The Morgan fingerprint density at radius 2 is 1.71 bits per heavy atom. The summed E-state index contributed by atoms with van der Waals surface area (Å²) in [5.41, 5.74) is 4.25. The van der Waals surface area contributed by atoms with Gasteiger partial charge in [-0.25, -0.2) is 4.98 Å². The fraction of sp³-hybridized carbons (Fsp3) is 0.312. The van der Waals surface area contributed by atoms with E-state index in [1.165, 1.54) is 5.56 Å². The highest BCUT2D eigenvalue weighted by atomic mass is 16.5. The molecule has 6 heteroatoms. The van der Waals surface area contributed by atoms with Crippen LogP contribution in [0.15, 0.2) is 89.3 Å². The molecule has 6 nitrogen and oxygen atoms in total. The lowest BCUT2D eigenvalue weighted by Crippen LogP contribution is -2.23. The van der Waals surface area contributed by atoms with Crippen LogP contribution in [-0.4, -0.2) is 40.7 Å². The van der Waals surface area contributed by atoms with Crippen molar-refractivity contribution in [3.8, 4) is 17.2 Å². The maximum Gasteiger partial charge on any atom is 0.308 e. The summed E-state index contributed by atoms with van der Waals surface area (Å²) < 4.78 is 11.9. The summed E-state index contributed by atoms with van der Waals surface area (Å²) in [5.74, 6) is 1.38. The standard InChI is InChI=1S/C32H34N2O4/c1-23-30(33-31(38-23)26-12-6-3-7-13-26)17-18-37-28-14-8-11-24(19-28)15-16-27-21-34(22-29(27)32(35)36)20-25-9-4-2-5-10-25/h2-14,19,27,29H,15-18,20-22H2,1H3,(H,35,36)/t27-,29-/m1/s1. The number of nitrogens with zero attached hydrogens (tertiary/aromatic N) is 2. The summed E-state index contributed by atoms with van der Waals surface area (Å²) in [7, 11) is 0. The van der Waals surface area contributed by atoms with Gasteiger partial charge >= 0.3 is 5.97 Å². The number of aromatic nitrogens is 1. The maximum atomic E-state index is 12.0. The number of carbonyl (C=O) groups is 1. The lowest BCUT2D eigenvalue weighted by atomic mass is 9.90. The molecule has 0 unspecified atom stereocenters. The number of oxazole rings is 1. The van der Waals surface area contributed by atoms with Gasteiger partial charge in [0.2, 0.25) is 5.89 Å². The number of benzene rings is 3. The minimum atomic E-state index is -0.693. The van der Waals surface area contributed by atoms with Crippen molar-refractivity contribution in [3.05, 3.63) is 108 Å². The molecule has 2 atom stereocenters. The molecule has 1 aliphatic heterocycles. The zero-order valence-electron chi connectivity index (χ0n) is 21.8. The molecule has 4 aromatic rings. The number of aliphatic carboxylic acids is 1. The van der Waals surface area contributed by atoms with Crippen molar-refractivity contribution in [2.45, 2.75) is 32.7 Å². The van der Waals surface area contributed by atoms with E-state index in [1.807, 2.05) is 67.6 Å². The predicted molar refractivity (Wildman–Crippen MR) is 147 cm³/mol. The third-order valence-corrected chi connectivity index (χ3v) is 7.31. The molecule has 1 saturated heterocycles. The van der Waals surface area contributed by atoms with Gasteiger partial charge in [-0.15, -0.1) is 0 Å². The van der Waals surface area contributed by atoms with Crippen LogP contribution >= 0.6 is 0 Å². The van der Waals surface area contributed by atoms with Gasteiger partial charge in [0.25, 0.3) is 0 Å². The number of aryl methyl sites for hydroxylation is 2. The second-order valence-electron chi connectivity index (χ2n) is 10.1. The molecule has 2 heterocycles. The quantitative estimate of drug-likeness (QED) is 0.265. The van der Waals surface area contributed by atoms with Crippen molar-refractivity contribution >= 4 is 5.97 Å². The normalized spacial score (nSPS) is 17.5. The molecule has 1 N–H and O–H groups in total. The van der Waals surface area contributed by atoms with Gasteiger partial charge in [0, 0.05) is 31.6 Å². The Balaban J connectivity index is 1.13. The SMILES string of the molecule is Cc1oc(-c2ccccc2)nc1CCOc1cccc(CC[C@@H]2CN(Cc3ccccc3)C[C@H]2C(=O)O)c1. The molecule has 0 radical (unpaired) electrons. The Bertz CT molecular complexity index is 1340. The van der Waals surface area contributed by atoms with Crippen LogP contribution in [0.3, 0.4) is 0 Å². The average Bonchev–Trinajstić information content (AvgIpc) is 3.52.